The van der Waals surface area contributed by atoms with E-state index in [0.29, 0.717) is 5.82 Å². The zero-order chi connectivity index (χ0) is 15.0. The van der Waals surface area contributed by atoms with E-state index >= 15 is 0 Å². The first kappa shape index (κ1) is 13.1. The molecule has 0 unspecified atom stereocenters. The summed E-state index contributed by atoms with van der Waals surface area (Å²) in [6, 6.07) is 9.73. The Kier molecular flexibility index (Phi) is 3.06. The van der Waals surface area contributed by atoms with Crippen molar-refractivity contribution in [3.8, 4) is 5.69 Å². The highest BCUT2D eigenvalue weighted by atomic mass is 16.5. The Labute approximate surface area is 121 Å². The van der Waals surface area contributed by atoms with Gasteiger partial charge in [-0.15, -0.1) is 0 Å². The van der Waals surface area contributed by atoms with Crippen LogP contribution in [0.5, 0.6) is 0 Å². The highest BCUT2D eigenvalue weighted by Crippen LogP contribution is 2.23. The molecule has 0 bridgehead atoms. The molecule has 106 valence electrons. The van der Waals surface area contributed by atoms with Crippen LogP contribution in [0.4, 0.5) is 5.82 Å². The third-order valence-electron chi connectivity index (χ3n) is 3.29. The van der Waals surface area contributed by atoms with E-state index in [0.717, 1.165) is 16.6 Å². The number of nitrogens with two attached hydrogens (primary N) is 1. The van der Waals surface area contributed by atoms with Gasteiger partial charge in [0.2, 0.25) is 0 Å². The van der Waals surface area contributed by atoms with Crippen molar-refractivity contribution in [3.05, 3.63) is 48.0 Å². The highest BCUT2D eigenvalue weighted by Gasteiger charge is 2.20. The molecule has 1 aromatic carbocycles. The molecule has 6 nitrogen and oxygen atoms in total. The number of methoxy groups -OCH3 is 1. The third-order valence-corrected chi connectivity index (χ3v) is 3.29. The van der Waals surface area contributed by atoms with Gasteiger partial charge in [-0.1, -0.05) is 18.2 Å². The topological polar surface area (TPSA) is 83.0 Å². The Bertz CT molecular complexity index is 839. The number of nitrogens with zero attached hydrogens (tertiary/aromatic N) is 3. The van der Waals surface area contributed by atoms with Crippen molar-refractivity contribution in [1.82, 2.24) is 14.5 Å². The molecule has 0 atom stereocenters. The number of para-hydroxylation sites is 1. The molecule has 0 amide bonds. The van der Waals surface area contributed by atoms with Gasteiger partial charge in [0.05, 0.1) is 24.5 Å². The normalized spacial score (nSPS) is 10.8. The largest absolute Gasteiger partial charge is 0.464 e. The van der Waals surface area contributed by atoms with Crippen molar-refractivity contribution in [2.75, 3.05) is 12.8 Å². The first-order valence-electron chi connectivity index (χ1n) is 6.40. The lowest BCUT2D eigenvalue weighted by Crippen LogP contribution is -2.08. The molecule has 0 saturated carbocycles. The Hall–Kier alpha value is -2.89. The minimum absolute atomic E-state index is 0.114. The summed E-state index contributed by atoms with van der Waals surface area (Å²) in [5, 5.41) is 0.988. The maximum atomic E-state index is 11.6. The van der Waals surface area contributed by atoms with Crippen LogP contribution < -0.4 is 5.73 Å². The van der Waals surface area contributed by atoms with E-state index in [1.807, 2.05) is 30.3 Å². The third kappa shape index (κ3) is 2.10. The van der Waals surface area contributed by atoms with E-state index in [-0.39, 0.29) is 11.5 Å². The summed E-state index contributed by atoms with van der Waals surface area (Å²) in [6.45, 7) is 1.78. The van der Waals surface area contributed by atoms with Crippen molar-refractivity contribution < 1.29 is 9.53 Å². The summed E-state index contributed by atoms with van der Waals surface area (Å²) in [5.74, 6) is 0.296. The van der Waals surface area contributed by atoms with Gasteiger partial charge in [-0.3, -0.25) is 9.55 Å². The molecule has 0 fully saturated rings. The summed E-state index contributed by atoms with van der Waals surface area (Å²) < 4.78 is 6.37. The molecule has 21 heavy (non-hydrogen) atoms. The molecule has 2 heterocycles. The SMILES string of the molecule is COC(=O)c1nc(C)n(-c2cnc3ccccc3c2)c1N. The van der Waals surface area contributed by atoms with Crippen LogP contribution in [0.1, 0.15) is 16.3 Å². The van der Waals surface area contributed by atoms with Gasteiger partial charge >= 0.3 is 5.97 Å². The van der Waals surface area contributed by atoms with Gasteiger partial charge in [-0.05, 0) is 19.1 Å². The number of esters is 1. The van der Waals surface area contributed by atoms with Crippen molar-refractivity contribution in [2.45, 2.75) is 6.92 Å². The number of pyridine rings is 1. The molecule has 0 aliphatic carbocycles. The number of ether oxygens (including phenoxy) is 1. The lowest BCUT2D eigenvalue weighted by molar-refractivity contribution is 0.0596. The van der Waals surface area contributed by atoms with E-state index in [1.165, 1.54) is 7.11 Å². The Morgan fingerprint density at radius 1 is 1.33 bits per heavy atom. The second-order valence-corrected chi connectivity index (χ2v) is 4.61. The molecular weight excluding hydrogens is 268 g/mol. The molecule has 0 saturated heterocycles. The molecule has 3 rings (SSSR count). The number of nitrogen functional groups attached to an aromatic ring is 1. The maximum Gasteiger partial charge on any atom is 0.360 e. The number of aryl methyl sites for hydroxylation is 1. The molecule has 2 aromatic heterocycles. The molecule has 0 aliphatic heterocycles. The van der Waals surface area contributed by atoms with Crippen molar-refractivity contribution >= 4 is 22.7 Å². The Morgan fingerprint density at radius 2 is 2.10 bits per heavy atom. The van der Waals surface area contributed by atoms with Crippen molar-refractivity contribution in [3.63, 3.8) is 0 Å². The Balaban J connectivity index is 2.18. The number of carbonyl (C=O) groups excluding carboxylic acids is 1. The number of rotatable bonds is 2. The summed E-state index contributed by atoms with van der Waals surface area (Å²) in [7, 11) is 1.30. The fourth-order valence-corrected chi connectivity index (χ4v) is 2.30. The molecule has 0 radical (unpaired) electrons. The van der Waals surface area contributed by atoms with Crippen LogP contribution in [0.3, 0.4) is 0 Å². The zero-order valence-corrected chi connectivity index (χ0v) is 11.7. The van der Waals surface area contributed by atoms with E-state index in [4.69, 9.17) is 5.73 Å². The second kappa shape index (κ2) is 4.90. The average Bonchev–Trinajstić information content (AvgIpc) is 2.81. The van der Waals surface area contributed by atoms with Crippen molar-refractivity contribution in [1.29, 1.82) is 0 Å². The molecule has 6 heteroatoms. The molecule has 3 aromatic rings. The smallest absolute Gasteiger partial charge is 0.360 e. The zero-order valence-electron chi connectivity index (χ0n) is 11.7. The standard InChI is InChI=1S/C15H14N4O2/c1-9-18-13(15(20)21-2)14(16)19(9)11-7-10-5-3-4-6-12(10)17-8-11/h3-8H,16H2,1-2H3. The summed E-state index contributed by atoms with van der Waals surface area (Å²) >= 11 is 0. The molecule has 0 aliphatic rings. The first-order chi connectivity index (χ1) is 10.1. The fraction of sp³-hybridized carbons (Fsp3) is 0.133. The van der Waals surface area contributed by atoms with Crippen LogP contribution in [0.25, 0.3) is 16.6 Å². The van der Waals surface area contributed by atoms with Gasteiger partial charge in [0.15, 0.2) is 5.69 Å². The number of anilines is 1. The van der Waals surface area contributed by atoms with Gasteiger partial charge in [0.25, 0.3) is 0 Å². The van der Waals surface area contributed by atoms with Gasteiger partial charge in [-0.2, -0.15) is 0 Å². The van der Waals surface area contributed by atoms with Gasteiger partial charge in [0.1, 0.15) is 11.6 Å². The number of hydrogen-bond acceptors (Lipinski definition) is 5. The van der Waals surface area contributed by atoms with Crippen LogP contribution in [0, 0.1) is 6.92 Å². The summed E-state index contributed by atoms with van der Waals surface area (Å²) in [5.41, 5.74) is 7.79. The minimum atomic E-state index is -0.553. The first-order valence-corrected chi connectivity index (χ1v) is 6.40. The van der Waals surface area contributed by atoms with Crippen LogP contribution in [0.15, 0.2) is 36.5 Å². The predicted octanol–water partition coefficient (Wildman–Crippen LogP) is 2.10. The lowest BCUT2D eigenvalue weighted by Gasteiger charge is -2.08. The number of fused-ring (bicyclic) bond motifs is 1. The van der Waals surface area contributed by atoms with E-state index in [2.05, 4.69) is 14.7 Å². The highest BCUT2D eigenvalue weighted by molar-refractivity contribution is 5.92. The quantitative estimate of drug-likeness (QED) is 0.728. The number of carbonyl (C=O) groups is 1. The van der Waals surface area contributed by atoms with Gasteiger partial charge < -0.3 is 10.5 Å². The number of hydrogen-bond donors (Lipinski definition) is 1. The molecule has 2 N–H and O–H groups in total. The lowest BCUT2D eigenvalue weighted by atomic mass is 10.2. The predicted molar refractivity (Wildman–Crippen MR) is 79.4 cm³/mol. The van der Waals surface area contributed by atoms with Gasteiger partial charge in [-0.25, -0.2) is 9.78 Å². The van der Waals surface area contributed by atoms with Crippen LogP contribution in [-0.4, -0.2) is 27.6 Å². The van der Waals surface area contributed by atoms with E-state index < -0.39 is 5.97 Å². The van der Waals surface area contributed by atoms with Crippen molar-refractivity contribution in [2.24, 2.45) is 0 Å². The minimum Gasteiger partial charge on any atom is -0.464 e. The fourth-order valence-electron chi connectivity index (χ4n) is 2.30. The second-order valence-electron chi connectivity index (χ2n) is 4.61. The number of aromatic nitrogens is 3. The summed E-state index contributed by atoms with van der Waals surface area (Å²) in [4.78, 5) is 20.2. The number of benzene rings is 1. The monoisotopic (exact) mass is 282 g/mol. The average molecular weight is 282 g/mol. The van der Waals surface area contributed by atoms with Crippen LogP contribution >= 0.6 is 0 Å². The van der Waals surface area contributed by atoms with E-state index in [1.54, 1.807) is 17.7 Å². The van der Waals surface area contributed by atoms with Gasteiger partial charge in [0, 0.05) is 5.39 Å². The maximum absolute atomic E-state index is 11.6. The Morgan fingerprint density at radius 3 is 2.86 bits per heavy atom. The van der Waals surface area contributed by atoms with E-state index in [9.17, 15) is 4.79 Å². The van der Waals surface area contributed by atoms with Crippen LogP contribution in [0.2, 0.25) is 0 Å². The molecule has 0 spiro atoms. The van der Waals surface area contributed by atoms with Crippen LogP contribution in [-0.2, 0) is 4.74 Å². The molecular formula is C15H14N4O2. The summed E-state index contributed by atoms with van der Waals surface area (Å²) in [6.07, 6.45) is 1.70. The number of imidazole rings is 1.